The van der Waals surface area contributed by atoms with Gasteiger partial charge in [-0.25, -0.2) is 4.79 Å². The number of esters is 1. The summed E-state index contributed by atoms with van der Waals surface area (Å²) in [6.45, 7) is 0.552. The summed E-state index contributed by atoms with van der Waals surface area (Å²) in [5.74, 6) is 0.380. The zero-order valence-corrected chi connectivity index (χ0v) is 16.4. The van der Waals surface area contributed by atoms with Gasteiger partial charge in [-0.2, -0.15) is 0 Å². The van der Waals surface area contributed by atoms with Crippen LogP contribution in [0.4, 0.5) is 0 Å². The van der Waals surface area contributed by atoms with Gasteiger partial charge in [-0.3, -0.25) is 10.4 Å². The van der Waals surface area contributed by atoms with Crippen molar-refractivity contribution in [3.05, 3.63) is 88.6 Å². The van der Waals surface area contributed by atoms with Crippen LogP contribution >= 0.6 is 11.6 Å². The van der Waals surface area contributed by atoms with Crippen LogP contribution in [0.1, 0.15) is 11.1 Å². The smallest absolute Gasteiger partial charge is 0.339 e. The van der Waals surface area contributed by atoms with Crippen molar-refractivity contribution in [1.82, 2.24) is 10.4 Å². The first-order valence-electron chi connectivity index (χ1n) is 8.70. The molecule has 0 aliphatic carbocycles. The van der Waals surface area contributed by atoms with Crippen LogP contribution in [0, 0.1) is 0 Å². The standard InChI is InChI=1S/C22H21ClN2O3/c1-27-20-11-7-17(8-12-20)21-14-18(22(26)28-2)15-25(24-21)13-3-4-16-5-9-19(23)10-6-16/h3-12,14-15,24H,13H2,1-2H3. The van der Waals surface area contributed by atoms with E-state index < -0.39 is 0 Å². The molecule has 0 unspecified atom stereocenters. The summed E-state index contributed by atoms with van der Waals surface area (Å²) in [6, 6.07) is 15.2. The van der Waals surface area contributed by atoms with Gasteiger partial charge in [-0.05, 0) is 53.6 Å². The molecule has 0 radical (unpaired) electrons. The van der Waals surface area contributed by atoms with E-state index in [1.54, 1.807) is 19.4 Å². The molecule has 5 nitrogen and oxygen atoms in total. The lowest BCUT2D eigenvalue weighted by Crippen LogP contribution is -2.35. The lowest BCUT2D eigenvalue weighted by atomic mass is 10.1. The minimum atomic E-state index is -0.390. The van der Waals surface area contributed by atoms with Gasteiger partial charge in [0.15, 0.2) is 0 Å². The number of carbonyl (C=O) groups is 1. The van der Waals surface area contributed by atoms with Crippen LogP contribution in [0.15, 0.2) is 72.5 Å². The quantitative estimate of drug-likeness (QED) is 0.738. The van der Waals surface area contributed by atoms with E-state index in [1.807, 2.05) is 65.7 Å². The van der Waals surface area contributed by atoms with E-state index in [0.717, 1.165) is 22.6 Å². The first kappa shape index (κ1) is 19.6. The number of hydrogen-bond acceptors (Lipinski definition) is 5. The third-order valence-electron chi connectivity index (χ3n) is 4.16. The normalized spacial score (nSPS) is 13.6. The second kappa shape index (κ2) is 9.15. The number of rotatable bonds is 6. The van der Waals surface area contributed by atoms with Crippen LogP contribution in [-0.4, -0.2) is 31.7 Å². The van der Waals surface area contributed by atoms with Crippen molar-refractivity contribution in [2.75, 3.05) is 20.8 Å². The largest absolute Gasteiger partial charge is 0.497 e. The number of carbonyl (C=O) groups excluding carboxylic acids is 1. The third kappa shape index (κ3) is 4.96. The van der Waals surface area contributed by atoms with Crippen LogP contribution < -0.4 is 10.2 Å². The van der Waals surface area contributed by atoms with Crippen LogP contribution in [0.25, 0.3) is 11.8 Å². The topological polar surface area (TPSA) is 50.8 Å². The van der Waals surface area contributed by atoms with Crippen molar-refractivity contribution in [3.63, 3.8) is 0 Å². The van der Waals surface area contributed by atoms with Gasteiger partial charge in [0.25, 0.3) is 0 Å². The first-order valence-corrected chi connectivity index (χ1v) is 9.08. The molecule has 0 aromatic heterocycles. The van der Waals surface area contributed by atoms with Crippen molar-refractivity contribution in [2.45, 2.75) is 0 Å². The Balaban J connectivity index is 1.77. The lowest BCUT2D eigenvalue weighted by Gasteiger charge is -2.27. The molecule has 2 aromatic carbocycles. The molecule has 0 spiro atoms. The Labute approximate surface area is 169 Å². The molecule has 1 heterocycles. The van der Waals surface area contributed by atoms with Crippen LogP contribution in [0.5, 0.6) is 5.75 Å². The van der Waals surface area contributed by atoms with Gasteiger partial charge in [0.2, 0.25) is 0 Å². The maximum atomic E-state index is 12.1. The summed E-state index contributed by atoms with van der Waals surface area (Å²) < 4.78 is 10.1. The molecule has 1 aliphatic rings. The zero-order chi connectivity index (χ0) is 19.9. The molecule has 0 fully saturated rings. The van der Waals surface area contributed by atoms with E-state index >= 15 is 0 Å². The number of hydrazine groups is 1. The molecule has 0 saturated heterocycles. The molecule has 0 bridgehead atoms. The van der Waals surface area contributed by atoms with Crippen molar-refractivity contribution >= 4 is 29.3 Å². The fraction of sp³-hybridized carbons (Fsp3) is 0.136. The molecule has 1 N–H and O–H groups in total. The van der Waals surface area contributed by atoms with Crippen molar-refractivity contribution in [2.24, 2.45) is 0 Å². The highest BCUT2D eigenvalue weighted by Crippen LogP contribution is 2.22. The third-order valence-corrected chi connectivity index (χ3v) is 4.42. The summed E-state index contributed by atoms with van der Waals surface area (Å²) in [4.78, 5) is 12.1. The summed E-state index contributed by atoms with van der Waals surface area (Å²) >= 11 is 5.91. The van der Waals surface area contributed by atoms with Gasteiger partial charge in [0.1, 0.15) is 5.75 Å². The monoisotopic (exact) mass is 396 g/mol. The molecule has 0 amide bonds. The van der Waals surface area contributed by atoms with Gasteiger partial charge in [0, 0.05) is 11.2 Å². The fourth-order valence-electron chi connectivity index (χ4n) is 2.70. The summed E-state index contributed by atoms with van der Waals surface area (Å²) in [6.07, 6.45) is 7.49. The molecule has 6 heteroatoms. The zero-order valence-electron chi connectivity index (χ0n) is 15.7. The summed E-state index contributed by atoms with van der Waals surface area (Å²) in [7, 11) is 3.00. The van der Waals surface area contributed by atoms with E-state index in [0.29, 0.717) is 17.1 Å². The molecule has 2 aromatic rings. The van der Waals surface area contributed by atoms with Crippen LogP contribution in [0.3, 0.4) is 0 Å². The van der Waals surface area contributed by atoms with E-state index in [9.17, 15) is 4.79 Å². The predicted molar refractivity (Wildman–Crippen MR) is 111 cm³/mol. The molecular weight excluding hydrogens is 376 g/mol. The average Bonchev–Trinajstić information content (AvgIpc) is 2.74. The Hall–Kier alpha value is -3.18. The van der Waals surface area contributed by atoms with E-state index in [1.165, 1.54) is 7.11 Å². The molecule has 28 heavy (non-hydrogen) atoms. The number of nitrogens with one attached hydrogen (secondary N) is 1. The van der Waals surface area contributed by atoms with E-state index in [-0.39, 0.29) is 5.97 Å². The maximum absolute atomic E-state index is 12.1. The molecule has 0 saturated carbocycles. The van der Waals surface area contributed by atoms with E-state index in [2.05, 4.69) is 5.43 Å². The fourth-order valence-corrected chi connectivity index (χ4v) is 2.83. The van der Waals surface area contributed by atoms with Crippen LogP contribution in [0.2, 0.25) is 5.02 Å². The molecule has 1 aliphatic heterocycles. The first-order chi connectivity index (χ1) is 13.6. The van der Waals surface area contributed by atoms with Gasteiger partial charge in [-0.15, -0.1) is 0 Å². The van der Waals surface area contributed by atoms with Crippen molar-refractivity contribution in [1.29, 1.82) is 0 Å². The number of hydrogen-bond donors (Lipinski definition) is 1. The number of benzene rings is 2. The molecule has 0 atom stereocenters. The highest BCUT2D eigenvalue weighted by molar-refractivity contribution is 6.30. The maximum Gasteiger partial charge on any atom is 0.339 e. The van der Waals surface area contributed by atoms with Gasteiger partial charge in [-0.1, -0.05) is 35.9 Å². The molecular formula is C22H21ClN2O3. The minimum absolute atomic E-state index is 0.390. The number of nitrogens with zero attached hydrogens (tertiary/aromatic N) is 1. The Bertz CT molecular complexity index is 916. The SMILES string of the molecule is COC(=O)C1=CN(CC=Cc2ccc(Cl)cc2)NC(c2ccc(OC)cc2)=C1. The molecule has 3 rings (SSSR count). The Morgan fingerprint density at radius 1 is 1.11 bits per heavy atom. The van der Waals surface area contributed by atoms with Crippen LogP contribution in [-0.2, 0) is 9.53 Å². The summed E-state index contributed by atoms with van der Waals surface area (Å²) in [5.41, 5.74) is 6.55. The van der Waals surface area contributed by atoms with Gasteiger partial charge >= 0.3 is 5.97 Å². The lowest BCUT2D eigenvalue weighted by molar-refractivity contribution is -0.135. The van der Waals surface area contributed by atoms with Gasteiger partial charge < -0.3 is 9.47 Å². The number of halogens is 1. The number of ether oxygens (including phenoxy) is 2. The predicted octanol–water partition coefficient (Wildman–Crippen LogP) is 4.28. The summed E-state index contributed by atoms with van der Waals surface area (Å²) in [5, 5.41) is 2.54. The highest BCUT2D eigenvalue weighted by atomic mass is 35.5. The molecule has 144 valence electrons. The Kier molecular flexibility index (Phi) is 6.40. The average molecular weight is 397 g/mol. The second-order valence-electron chi connectivity index (χ2n) is 6.08. The second-order valence-corrected chi connectivity index (χ2v) is 6.52. The Morgan fingerprint density at radius 3 is 2.46 bits per heavy atom. The highest BCUT2D eigenvalue weighted by Gasteiger charge is 2.17. The van der Waals surface area contributed by atoms with Gasteiger partial charge in [0.05, 0.1) is 32.0 Å². The van der Waals surface area contributed by atoms with Crippen molar-refractivity contribution < 1.29 is 14.3 Å². The Morgan fingerprint density at radius 2 is 1.82 bits per heavy atom. The minimum Gasteiger partial charge on any atom is -0.497 e. The number of methoxy groups -OCH3 is 2. The van der Waals surface area contributed by atoms with E-state index in [4.69, 9.17) is 21.1 Å². The van der Waals surface area contributed by atoms with Crippen molar-refractivity contribution in [3.8, 4) is 5.75 Å².